The van der Waals surface area contributed by atoms with Crippen molar-refractivity contribution in [2.45, 2.75) is 51.8 Å². The molecular formula is C34H40Cl2N6O4. The molecule has 0 spiro atoms. The van der Waals surface area contributed by atoms with Crippen LogP contribution in [-0.4, -0.2) is 61.6 Å². The summed E-state index contributed by atoms with van der Waals surface area (Å²) < 4.78 is 10.8. The zero-order valence-electron chi connectivity index (χ0n) is 26.5. The Labute approximate surface area is 279 Å². The van der Waals surface area contributed by atoms with E-state index in [1.54, 1.807) is 34.1 Å². The molecule has 1 aliphatic heterocycles. The van der Waals surface area contributed by atoms with E-state index < -0.39 is 11.7 Å². The number of aromatic nitrogens is 1. The van der Waals surface area contributed by atoms with Crippen molar-refractivity contribution in [1.29, 1.82) is 0 Å². The van der Waals surface area contributed by atoms with E-state index in [9.17, 15) is 9.59 Å². The van der Waals surface area contributed by atoms with Crippen molar-refractivity contribution in [2.75, 3.05) is 26.7 Å². The summed E-state index contributed by atoms with van der Waals surface area (Å²) in [4.78, 5) is 32.5. The highest BCUT2D eigenvalue weighted by atomic mass is 35.5. The van der Waals surface area contributed by atoms with Crippen molar-refractivity contribution >= 4 is 47.0 Å². The predicted molar refractivity (Wildman–Crippen MR) is 184 cm³/mol. The Balaban J connectivity index is 1.49. The van der Waals surface area contributed by atoms with E-state index in [2.05, 4.69) is 20.9 Å². The second-order valence-corrected chi connectivity index (χ2v) is 12.5. The third-order valence-electron chi connectivity index (χ3n) is 7.12. The van der Waals surface area contributed by atoms with Crippen LogP contribution in [0, 0.1) is 0 Å². The fourth-order valence-electron chi connectivity index (χ4n) is 4.94. The lowest BCUT2D eigenvalue weighted by Crippen LogP contribution is -2.35. The molecule has 5 N–H and O–H groups in total. The molecule has 1 saturated heterocycles. The second-order valence-electron chi connectivity index (χ2n) is 11.7. The van der Waals surface area contributed by atoms with E-state index in [1.165, 1.54) is 6.20 Å². The lowest BCUT2D eigenvalue weighted by atomic mass is 9.97. The van der Waals surface area contributed by atoms with Crippen LogP contribution in [0.25, 0.3) is 28.0 Å². The number of aliphatic imine (C=N–C) groups is 1. The zero-order chi connectivity index (χ0) is 33.3. The highest BCUT2D eigenvalue weighted by Gasteiger charge is 2.21. The molecule has 0 saturated carbocycles. The number of halogens is 2. The van der Waals surface area contributed by atoms with Crippen molar-refractivity contribution in [3.8, 4) is 28.3 Å². The summed E-state index contributed by atoms with van der Waals surface area (Å²) in [7, 11) is 1.58. The minimum Gasteiger partial charge on any atom is -0.481 e. The minimum absolute atomic E-state index is 0.0918. The summed E-state index contributed by atoms with van der Waals surface area (Å²) >= 11 is 14.0. The van der Waals surface area contributed by atoms with Crippen molar-refractivity contribution in [2.24, 2.45) is 10.7 Å². The Morgan fingerprint density at radius 1 is 1.11 bits per heavy atom. The fourth-order valence-corrected chi connectivity index (χ4v) is 5.61. The highest BCUT2D eigenvalue weighted by molar-refractivity contribution is 6.39. The highest BCUT2D eigenvalue weighted by Crippen LogP contribution is 2.41. The molecule has 2 aromatic carbocycles. The standard InChI is InChI=1S/C34H40Cl2N6O4/c1-34(2,3)46-33(44)40-16-15-38-19-22(17-37)24-7-5-8-25(30(24)35)26-9-6-10-27(31(26)36)28-13-11-21(32(42-28)45-4)18-39-20-23-12-14-29(43)41-23/h5-11,13,17,19,23,39H,12,14-16,18,20,37H2,1-4H3,(H,40,44)(H,41,43)/b22-17+,38-19?/t23-/m0/s1. The number of nitrogens with two attached hydrogens (primary N) is 1. The van der Waals surface area contributed by atoms with Gasteiger partial charge in [-0.1, -0.05) is 65.7 Å². The third-order valence-corrected chi connectivity index (χ3v) is 7.93. The van der Waals surface area contributed by atoms with Crippen molar-refractivity contribution in [3.05, 3.63) is 75.9 Å². The Hall–Kier alpha value is -4.12. The van der Waals surface area contributed by atoms with Gasteiger partial charge >= 0.3 is 6.09 Å². The summed E-state index contributed by atoms with van der Waals surface area (Å²) in [6.45, 7) is 7.25. The number of methoxy groups -OCH3 is 1. The van der Waals surface area contributed by atoms with E-state index in [0.29, 0.717) is 65.4 Å². The normalized spacial score (nSPS) is 15.2. The molecule has 2 heterocycles. The van der Waals surface area contributed by atoms with Gasteiger partial charge in [-0.15, -0.1) is 0 Å². The van der Waals surface area contributed by atoms with Gasteiger partial charge in [0.05, 0.1) is 29.4 Å². The maximum atomic E-state index is 11.9. The lowest BCUT2D eigenvalue weighted by molar-refractivity contribution is -0.119. The van der Waals surface area contributed by atoms with Crippen LogP contribution in [0.3, 0.4) is 0 Å². The molecule has 12 heteroatoms. The SMILES string of the molecule is COc1nc(-c2cccc(-c3cccc(/C(C=NCCNC(=O)OC(C)(C)C)=C/N)c3Cl)c2Cl)ccc1CNC[C@@H]1CCC(=O)N1. The van der Waals surface area contributed by atoms with Crippen molar-refractivity contribution in [1.82, 2.24) is 20.9 Å². The van der Waals surface area contributed by atoms with Crippen LogP contribution in [0.2, 0.25) is 10.0 Å². The van der Waals surface area contributed by atoms with Gasteiger partial charge in [0.2, 0.25) is 11.8 Å². The van der Waals surface area contributed by atoms with Crippen LogP contribution in [0.15, 0.2) is 59.7 Å². The Kier molecular flexibility index (Phi) is 12.0. The average Bonchev–Trinajstić information content (AvgIpc) is 3.43. The summed E-state index contributed by atoms with van der Waals surface area (Å²) in [6.07, 6.45) is 3.95. The number of allylic oxidation sites excluding steroid dienone is 1. The summed E-state index contributed by atoms with van der Waals surface area (Å²) in [5.74, 6) is 0.578. The number of carbonyl (C=O) groups is 2. The number of rotatable bonds is 12. The van der Waals surface area contributed by atoms with Gasteiger partial charge in [0.1, 0.15) is 5.60 Å². The van der Waals surface area contributed by atoms with Crippen molar-refractivity contribution in [3.63, 3.8) is 0 Å². The molecule has 2 amide bonds. The topological polar surface area (TPSA) is 140 Å². The first-order valence-corrected chi connectivity index (χ1v) is 15.8. The van der Waals surface area contributed by atoms with E-state index in [1.807, 2.05) is 48.5 Å². The molecule has 0 unspecified atom stereocenters. The number of nitrogens with one attached hydrogen (secondary N) is 3. The molecule has 1 aliphatic rings. The smallest absolute Gasteiger partial charge is 0.407 e. The summed E-state index contributed by atoms with van der Waals surface area (Å²) in [5, 5.41) is 9.95. The average molecular weight is 668 g/mol. The number of carbonyl (C=O) groups excluding carboxylic acids is 2. The molecule has 0 radical (unpaired) electrons. The fraction of sp³-hybridized carbons (Fsp3) is 0.353. The Morgan fingerprint density at radius 3 is 2.50 bits per heavy atom. The molecule has 1 aromatic heterocycles. The number of alkyl carbamates (subject to hydrolysis) is 1. The quantitative estimate of drug-likeness (QED) is 0.137. The zero-order valence-corrected chi connectivity index (χ0v) is 28.0. The third kappa shape index (κ3) is 9.22. The number of ether oxygens (including phenoxy) is 2. The second kappa shape index (κ2) is 15.9. The molecule has 244 valence electrons. The molecule has 3 aromatic rings. The van der Waals surface area contributed by atoms with Crippen LogP contribution in [0.1, 0.15) is 44.7 Å². The first-order chi connectivity index (χ1) is 22.0. The van der Waals surface area contributed by atoms with E-state index in [4.69, 9.17) is 43.4 Å². The molecule has 1 atom stereocenters. The first kappa shape index (κ1) is 34.7. The minimum atomic E-state index is -0.573. The monoisotopic (exact) mass is 666 g/mol. The van der Waals surface area contributed by atoms with Gasteiger partial charge in [0.15, 0.2) is 0 Å². The molecular weight excluding hydrogens is 627 g/mol. The molecule has 0 bridgehead atoms. The van der Waals surface area contributed by atoms with Crippen LogP contribution in [0.4, 0.5) is 4.79 Å². The van der Waals surface area contributed by atoms with Gasteiger partial charge in [-0.2, -0.15) is 0 Å². The van der Waals surface area contributed by atoms with Gasteiger partial charge in [-0.25, -0.2) is 9.78 Å². The lowest BCUT2D eigenvalue weighted by Gasteiger charge is -2.19. The number of hydrogen-bond donors (Lipinski definition) is 4. The van der Waals surface area contributed by atoms with Crippen LogP contribution in [0.5, 0.6) is 5.88 Å². The van der Waals surface area contributed by atoms with Gasteiger partial charge < -0.3 is 31.2 Å². The van der Waals surface area contributed by atoms with E-state index in [-0.39, 0.29) is 11.9 Å². The van der Waals surface area contributed by atoms with Crippen LogP contribution < -0.4 is 26.4 Å². The van der Waals surface area contributed by atoms with Crippen LogP contribution in [-0.2, 0) is 16.1 Å². The van der Waals surface area contributed by atoms with Crippen LogP contribution >= 0.6 is 23.2 Å². The molecule has 46 heavy (non-hydrogen) atoms. The molecule has 10 nitrogen and oxygen atoms in total. The number of benzene rings is 2. The maximum absolute atomic E-state index is 11.9. The molecule has 1 fully saturated rings. The van der Waals surface area contributed by atoms with Gasteiger partial charge in [-0.3, -0.25) is 9.79 Å². The summed E-state index contributed by atoms with van der Waals surface area (Å²) in [6, 6.07) is 15.3. The largest absolute Gasteiger partial charge is 0.481 e. The predicted octanol–water partition coefficient (Wildman–Crippen LogP) is 5.99. The van der Waals surface area contributed by atoms with E-state index in [0.717, 1.165) is 28.7 Å². The number of pyridine rings is 1. The maximum Gasteiger partial charge on any atom is 0.407 e. The molecule has 0 aliphatic carbocycles. The Morgan fingerprint density at radius 2 is 1.83 bits per heavy atom. The first-order valence-electron chi connectivity index (χ1n) is 15.0. The Bertz CT molecular complexity index is 1620. The number of amides is 2. The van der Waals surface area contributed by atoms with Gasteiger partial charge in [0.25, 0.3) is 0 Å². The summed E-state index contributed by atoms with van der Waals surface area (Å²) in [5.41, 5.74) is 10.4. The molecule has 4 rings (SSSR count). The number of nitrogens with zero attached hydrogens (tertiary/aromatic N) is 2. The number of hydrogen-bond acceptors (Lipinski definition) is 8. The van der Waals surface area contributed by atoms with Gasteiger partial charge in [-0.05, 0) is 33.3 Å². The van der Waals surface area contributed by atoms with E-state index >= 15 is 0 Å². The van der Waals surface area contributed by atoms with Gasteiger partial charge in [0, 0.05) is 77.9 Å². The van der Waals surface area contributed by atoms with Crippen molar-refractivity contribution < 1.29 is 19.1 Å².